The van der Waals surface area contributed by atoms with E-state index in [-0.39, 0.29) is 12.8 Å². The number of unbranched alkanes of at least 4 members (excludes halogenated alkanes) is 24. The molecular weight excluding hydrogens is 840 g/mol. The summed E-state index contributed by atoms with van der Waals surface area (Å²) >= 11 is 0. The van der Waals surface area contributed by atoms with E-state index in [1.54, 1.807) is 0 Å². The summed E-state index contributed by atoms with van der Waals surface area (Å²) in [5, 5.41) is 50.2. The lowest BCUT2D eigenvalue weighted by Crippen LogP contribution is -2.64. The molecule has 0 bridgehead atoms. The van der Waals surface area contributed by atoms with Gasteiger partial charge in [-0.1, -0.05) is 192 Å². The zero-order valence-electron chi connectivity index (χ0n) is 39.8. The Balaban J connectivity index is 2.39. The van der Waals surface area contributed by atoms with Gasteiger partial charge >= 0.3 is 19.8 Å². The Morgan fingerprint density at radius 2 is 0.891 bits per heavy atom. The van der Waals surface area contributed by atoms with Gasteiger partial charge in [-0.15, -0.1) is 0 Å². The zero-order valence-corrected chi connectivity index (χ0v) is 40.7. The number of aliphatic hydroxyl groups excluding tert-OH is 5. The van der Waals surface area contributed by atoms with Gasteiger partial charge in [0.05, 0.1) is 6.61 Å². The highest BCUT2D eigenvalue weighted by Crippen LogP contribution is 2.47. The van der Waals surface area contributed by atoms with Crippen LogP contribution in [0.5, 0.6) is 0 Å². The standard InChI is InChI=1S/C50H91O13P/c1-3-5-7-9-11-13-15-17-19-20-21-22-23-25-26-28-30-32-34-36-38-43(51)60-40-42(41-61-64(58,59)63-50-48(56)46(54)45(53)47(55)49(50)57)62-44(52)39-37-35-33-31-29-27-24-18-16-14-12-10-8-6-4-2/h6,8,12,14,18,24,42,45-50,53-57H,3-5,7,9-11,13,15-17,19-23,25-41H2,1-2H3,(H,58,59)/b8-6-,14-12-,24-18-. The number of phosphoric acid groups is 1. The average Bonchev–Trinajstić information content (AvgIpc) is 3.28. The SMILES string of the molecule is CC/C=C\C/C=C\C/C=C\CCCCCCCC(=O)OC(COC(=O)CCCCCCCCCCCCCCCCCCCCCC)COP(=O)(O)OC1C(O)C(O)C(O)C(O)C1O. The topological polar surface area (TPSA) is 210 Å². The van der Waals surface area contributed by atoms with Crippen molar-refractivity contribution in [2.75, 3.05) is 13.2 Å². The van der Waals surface area contributed by atoms with Crippen LogP contribution in [0.25, 0.3) is 0 Å². The second kappa shape index (κ2) is 40.2. The number of rotatable bonds is 42. The van der Waals surface area contributed by atoms with Crippen molar-refractivity contribution in [1.82, 2.24) is 0 Å². The minimum atomic E-state index is -5.12. The average molecular weight is 931 g/mol. The van der Waals surface area contributed by atoms with E-state index in [0.29, 0.717) is 12.8 Å². The van der Waals surface area contributed by atoms with E-state index >= 15 is 0 Å². The highest BCUT2D eigenvalue weighted by atomic mass is 31.2. The summed E-state index contributed by atoms with van der Waals surface area (Å²) in [4.78, 5) is 35.8. The Morgan fingerprint density at radius 3 is 1.36 bits per heavy atom. The van der Waals surface area contributed by atoms with Crippen molar-refractivity contribution in [2.45, 2.75) is 256 Å². The van der Waals surface area contributed by atoms with Crippen LogP contribution in [0.4, 0.5) is 0 Å². The predicted molar refractivity (Wildman–Crippen MR) is 253 cm³/mol. The Morgan fingerprint density at radius 1 is 0.500 bits per heavy atom. The molecule has 374 valence electrons. The van der Waals surface area contributed by atoms with Crippen molar-refractivity contribution < 1.29 is 63.1 Å². The molecule has 6 unspecified atom stereocenters. The van der Waals surface area contributed by atoms with Gasteiger partial charge < -0.3 is 39.9 Å². The minimum Gasteiger partial charge on any atom is -0.462 e. The molecule has 1 fully saturated rings. The van der Waals surface area contributed by atoms with Crippen LogP contribution in [0.1, 0.15) is 213 Å². The van der Waals surface area contributed by atoms with Gasteiger partial charge in [0.25, 0.3) is 0 Å². The molecule has 14 heteroatoms. The molecule has 0 spiro atoms. The largest absolute Gasteiger partial charge is 0.472 e. The van der Waals surface area contributed by atoms with Crippen molar-refractivity contribution in [3.63, 3.8) is 0 Å². The van der Waals surface area contributed by atoms with Gasteiger partial charge in [-0.3, -0.25) is 18.6 Å². The third kappa shape index (κ3) is 31.9. The molecule has 6 atom stereocenters. The van der Waals surface area contributed by atoms with Crippen LogP contribution in [0.15, 0.2) is 36.5 Å². The van der Waals surface area contributed by atoms with Crippen molar-refractivity contribution in [3.05, 3.63) is 36.5 Å². The van der Waals surface area contributed by atoms with Gasteiger partial charge in [0.15, 0.2) is 6.10 Å². The zero-order chi connectivity index (χ0) is 47.1. The van der Waals surface area contributed by atoms with E-state index in [1.165, 1.54) is 103 Å². The highest BCUT2D eigenvalue weighted by molar-refractivity contribution is 7.47. The lowest BCUT2D eigenvalue weighted by Gasteiger charge is -2.41. The van der Waals surface area contributed by atoms with E-state index in [2.05, 4.69) is 50.3 Å². The van der Waals surface area contributed by atoms with Crippen molar-refractivity contribution >= 4 is 19.8 Å². The van der Waals surface area contributed by atoms with Crippen molar-refractivity contribution in [3.8, 4) is 0 Å². The molecular formula is C50H91O13P. The third-order valence-corrected chi connectivity index (χ3v) is 12.7. The van der Waals surface area contributed by atoms with Crippen LogP contribution in [0.2, 0.25) is 0 Å². The maximum Gasteiger partial charge on any atom is 0.472 e. The number of carbonyl (C=O) groups excluding carboxylic acids is 2. The first-order valence-corrected chi connectivity index (χ1v) is 26.8. The third-order valence-electron chi connectivity index (χ3n) is 11.7. The summed E-state index contributed by atoms with van der Waals surface area (Å²) in [7, 11) is -5.12. The number of allylic oxidation sites excluding steroid dienone is 6. The fourth-order valence-corrected chi connectivity index (χ4v) is 8.69. The Bertz CT molecular complexity index is 1260. The number of hydrogen-bond acceptors (Lipinski definition) is 12. The van der Waals surface area contributed by atoms with Gasteiger partial charge in [-0.25, -0.2) is 4.57 Å². The number of esters is 2. The van der Waals surface area contributed by atoms with Crippen molar-refractivity contribution in [2.24, 2.45) is 0 Å². The summed E-state index contributed by atoms with van der Waals surface area (Å²) in [5.41, 5.74) is 0. The smallest absolute Gasteiger partial charge is 0.462 e. The Kier molecular flexibility index (Phi) is 37.7. The number of ether oxygens (including phenoxy) is 2. The molecule has 0 aromatic rings. The van der Waals surface area contributed by atoms with Crippen LogP contribution < -0.4 is 0 Å². The van der Waals surface area contributed by atoms with E-state index < -0.39 is 75.7 Å². The molecule has 1 saturated carbocycles. The first-order chi connectivity index (χ1) is 30.9. The number of hydrogen-bond donors (Lipinski definition) is 6. The molecule has 0 amide bonds. The van der Waals surface area contributed by atoms with Crippen molar-refractivity contribution in [1.29, 1.82) is 0 Å². The molecule has 0 heterocycles. The molecule has 1 rings (SSSR count). The van der Waals surface area contributed by atoms with Gasteiger partial charge in [0.1, 0.15) is 43.2 Å². The lowest BCUT2D eigenvalue weighted by molar-refractivity contribution is -0.220. The molecule has 0 aliphatic heterocycles. The second-order valence-corrected chi connectivity index (χ2v) is 19.1. The number of phosphoric ester groups is 1. The fraction of sp³-hybridized carbons (Fsp3) is 0.840. The first-order valence-electron chi connectivity index (χ1n) is 25.3. The van der Waals surface area contributed by atoms with Crippen LogP contribution in [-0.2, 0) is 32.7 Å². The van der Waals surface area contributed by atoms with Crippen LogP contribution in [0, 0.1) is 0 Å². The summed E-state index contributed by atoms with van der Waals surface area (Å²) in [6, 6.07) is 0. The van der Waals surface area contributed by atoms with Crippen LogP contribution in [-0.4, -0.2) is 98.3 Å². The maximum absolute atomic E-state index is 12.8. The monoisotopic (exact) mass is 931 g/mol. The summed E-state index contributed by atoms with van der Waals surface area (Å²) < 4.78 is 33.6. The molecule has 1 aliphatic carbocycles. The van der Waals surface area contributed by atoms with Gasteiger partial charge in [0, 0.05) is 12.8 Å². The van der Waals surface area contributed by atoms with E-state index in [1.807, 2.05) is 0 Å². The summed E-state index contributed by atoms with van der Waals surface area (Å²) in [6.07, 6.45) is 33.4. The predicted octanol–water partition coefficient (Wildman–Crippen LogP) is 10.6. The molecule has 6 N–H and O–H groups in total. The summed E-state index contributed by atoms with van der Waals surface area (Å²) in [6.45, 7) is 3.20. The van der Waals surface area contributed by atoms with Gasteiger partial charge in [-0.05, 0) is 44.9 Å². The van der Waals surface area contributed by atoms with E-state index in [0.717, 1.165) is 70.6 Å². The molecule has 0 aromatic carbocycles. The minimum absolute atomic E-state index is 0.0787. The molecule has 0 saturated heterocycles. The molecule has 1 aliphatic rings. The fourth-order valence-electron chi connectivity index (χ4n) is 7.72. The highest BCUT2D eigenvalue weighted by Gasteiger charge is 2.51. The van der Waals surface area contributed by atoms with Gasteiger partial charge in [-0.2, -0.15) is 0 Å². The molecule has 64 heavy (non-hydrogen) atoms. The van der Waals surface area contributed by atoms with Gasteiger partial charge in [0.2, 0.25) is 0 Å². The van der Waals surface area contributed by atoms with Crippen LogP contribution in [0.3, 0.4) is 0 Å². The van der Waals surface area contributed by atoms with Crippen LogP contribution >= 0.6 is 7.82 Å². The first kappa shape index (κ1) is 60.1. The Labute approximate surface area is 387 Å². The normalized spacial score (nSPS) is 21.8. The molecule has 0 aromatic heterocycles. The lowest BCUT2D eigenvalue weighted by atomic mass is 9.85. The number of carbonyl (C=O) groups is 2. The number of aliphatic hydroxyl groups is 5. The quantitative estimate of drug-likeness (QED) is 0.0146. The Hall–Kier alpha value is -1.93. The maximum atomic E-state index is 12.8. The van der Waals surface area contributed by atoms with E-state index in [9.17, 15) is 44.6 Å². The van der Waals surface area contributed by atoms with E-state index in [4.69, 9.17) is 18.5 Å². The second-order valence-electron chi connectivity index (χ2n) is 17.7. The molecule has 0 radical (unpaired) electrons. The molecule has 13 nitrogen and oxygen atoms in total. The summed E-state index contributed by atoms with van der Waals surface area (Å²) in [5.74, 6) is -1.11.